The van der Waals surface area contributed by atoms with Crippen molar-refractivity contribution in [3.05, 3.63) is 57.5 Å². The Balaban J connectivity index is 0.00000216. The van der Waals surface area contributed by atoms with Gasteiger partial charge in [0.15, 0.2) is 11.2 Å². The summed E-state index contributed by atoms with van der Waals surface area (Å²) in [6, 6.07) is 10.5. The van der Waals surface area contributed by atoms with E-state index in [4.69, 9.17) is 0 Å². The zero-order valence-corrected chi connectivity index (χ0v) is 22.5. The molecule has 9 nitrogen and oxygen atoms in total. The number of nitrogens with zero attached hydrogens (tertiary/aromatic N) is 6. The number of aliphatic hydroxyl groups excluding tert-OH is 1. The summed E-state index contributed by atoms with van der Waals surface area (Å²) in [7, 11) is 3.32. The summed E-state index contributed by atoms with van der Waals surface area (Å²) in [5, 5.41) is 10.6. The molecule has 0 radical (unpaired) electrons. The molecule has 3 heterocycles. The fraction of sp³-hybridized carbons (Fsp3) is 0.522. The van der Waals surface area contributed by atoms with Gasteiger partial charge in [0.1, 0.15) is 0 Å². The molecule has 0 saturated carbocycles. The number of piperazine rings is 1. The Labute approximate surface area is 221 Å². The Morgan fingerprint density at radius 1 is 1.00 bits per heavy atom. The van der Waals surface area contributed by atoms with E-state index in [-0.39, 0.29) is 31.4 Å². The van der Waals surface area contributed by atoms with Crippen molar-refractivity contribution in [1.82, 2.24) is 28.5 Å². The van der Waals surface area contributed by atoms with Crippen LogP contribution in [-0.4, -0.2) is 84.7 Å². The smallest absolute Gasteiger partial charge is 0.332 e. The van der Waals surface area contributed by atoms with Gasteiger partial charge in [-0.25, -0.2) is 9.78 Å². The maximum Gasteiger partial charge on any atom is 0.332 e. The van der Waals surface area contributed by atoms with Crippen molar-refractivity contribution in [3.8, 4) is 0 Å². The molecule has 35 heavy (non-hydrogen) atoms. The van der Waals surface area contributed by atoms with Gasteiger partial charge in [-0.15, -0.1) is 36.6 Å². The van der Waals surface area contributed by atoms with Gasteiger partial charge < -0.3 is 14.6 Å². The number of benzene rings is 1. The maximum atomic E-state index is 12.8. The van der Waals surface area contributed by atoms with Gasteiger partial charge in [0, 0.05) is 51.7 Å². The minimum Gasteiger partial charge on any atom is -0.390 e. The van der Waals surface area contributed by atoms with Crippen LogP contribution in [-0.2, 0) is 20.6 Å². The van der Waals surface area contributed by atoms with Crippen LogP contribution in [0.15, 0.2) is 51.1 Å². The summed E-state index contributed by atoms with van der Waals surface area (Å²) in [4.78, 5) is 35.6. The molecule has 1 aliphatic rings. The maximum absolute atomic E-state index is 12.8. The second-order valence-electron chi connectivity index (χ2n) is 8.60. The lowest BCUT2D eigenvalue weighted by Gasteiger charge is -2.35. The van der Waals surface area contributed by atoms with E-state index in [1.54, 1.807) is 18.7 Å². The minimum absolute atomic E-state index is 0. The number of imidazole rings is 1. The van der Waals surface area contributed by atoms with Crippen molar-refractivity contribution in [3.63, 3.8) is 0 Å². The molecular weight excluding hydrogens is 511 g/mol. The highest BCUT2D eigenvalue weighted by Gasteiger charge is 2.21. The predicted molar refractivity (Wildman–Crippen MR) is 145 cm³/mol. The van der Waals surface area contributed by atoms with Gasteiger partial charge >= 0.3 is 5.69 Å². The highest BCUT2D eigenvalue weighted by Crippen LogP contribution is 2.18. The molecule has 1 saturated heterocycles. The molecule has 194 valence electrons. The second kappa shape index (κ2) is 13.5. The number of hydrogen-bond acceptors (Lipinski definition) is 7. The van der Waals surface area contributed by atoms with Crippen LogP contribution in [0.3, 0.4) is 0 Å². The Morgan fingerprint density at radius 2 is 1.66 bits per heavy atom. The summed E-state index contributed by atoms with van der Waals surface area (Å²) in [5.74, 6) is 1.10. The second-order valence-corrected chi connectivity index (χ2v) is 9.76. The van der Waals surface area contributed by atoms with Crippen LogP contribution in [0, 0.1) is 0 Å². The van der Waals surface area contributed by atoms with E-state index in [1.807, 2.05) is 17.8 Å². The molecule has 1 fully saturated rings. The van der Waals surface area contributed by atoms with E-state index in [2.05, 4.69) is 39.0 Å². The van der Waals surface area contributed by atoms with Crippen molar-refractivity contribution in [2.45, 2.75) is 24.0 Å². The zero-order chi connectivity index (χ0) is 23.4. The average molecular weight is 546 g/mol. The SMILES string of the molecule is Cl.Cl.Cn1cnc2c1c(=O)n(CC(O)CN1CCN(CCCSc3ccccc3)CC1)c(=O)n2C. The first-order valence-electron chi connectivity index (χ1n) is 11.4. The highest BCUT2D eigenvalue weighted by molar-refractivity contribution is 7.99. The van der Waals surface area contributed by atoms with Crippen LogP contribution in [0.2, 0.25) is 0 Å². The first-order chi connectivity index (χ1) is 15.9. The number of aromatic nitrogens is 4. The molecular formula is C23H34Cl2N6O3S. The summed E-state index contributed by atoms with van der Waals surface area (Å²) in [6.07, 6.45) is 1.87. The molecule has 0 spiro atoms. The van der Waals surface area contributed by atoms with Crippen molar-refractivity contribution >= 4 is 47.7 Å². The van der Waals surface area contributed by atoms with E-state index >= 15 is 0 Å². The van der Waals surface area contributed by atoms with Crippen LogP contribution < -0.4 is 11.2 Å². The monoisotopic (exact) mass is 544 g/mol. The number of hydrogen-bond donors (Lipinski definition) is 1. The molecule has 4 rings (SSSR count). The number of β-amino-alcohol motifs (C(OH)–C–C–N with tert-alkyl or cyclic N) is 1. The standard InChI is InChI=1S/C23H32N6O3S.2ClH/c1-25-17-24-21-20(25)22(31)29(23(32)26(21)2)16-18(30)15-28-12-10-27(11-13-28)9-6-14-33-19-7-4-3-5-8-19;;/h3-5,7-8,17-18,30H,6,9-16H2,1-2H3;2*1H. The van der Waals surface area contributed by atoms with Gasteiger partial charge in [0.25, 0.3) is 5.56 Å². The number of rotatable bonds is 9. The summed E-state index contributed by atoms with van der Waals surface area (Å²) in [5.41, 5.74) is -0.145. The Morgan fingerprint density at radius 3 is 2.34 bits per heavy atom. The molecule has 1 unspecified atom stereocenters. The van der Waals surface area contributed by atoms with Crippen LogP contribution in [0.4, 0.5) is 0 Å². The number of fused-ring (bicyclic) bond motifs is 1. The largest absolute Gasteiger partial charge is 0.390 e. The fourth-order valence-corrected chi connectivity index (χ4v) is 5.17. The molecule has 1 atom stereocenters. The van der Waals surface area contributed by atoms with Crippen LogP contribution in [0.1, 0.15) is 6.42 Å². The van der Waals surface area contributed by atoms with Crippen molar-refractivity contribution in [2.24, 2.45) is 14.1 Å². The average Bonchev–Trinajstić information content (AvgIpc) is 3.21. The lowest BCUT2D eigenvalue weighted by molar-refractivity contribution is 0.0632. The van der Waals surface area contributed by atoms with Crippen molar-refractivity contribution < 1.29 is 5.11 Å². The Hall–Kier alpha value is -1.82. The van der Waals surface area contributed by atoms with Crippen molar-refractivity contribution in [2.75, 3.05) is 45.0 Å². The first-order valence-corrected chi connectivity index (χ1v) is 12.3. The van der Waals surface area contributed by atoms with E-state index in [1.165, 1.54) is 15.8 Å². The summed E-state index contributed by atoms with van der Waals surface area (Å²) >= 11 is 1.89. The third-order valence-corrected chi connectivity index (χ3v) is 7.26. The van der Waals surface area contributed by atoms with E-state index in [9.17, 15) is 14.7 Å². The number of thioether (sulfide) groups is 1. The molecule has 0 amide bonds. The Bertz CT molecular complexity index is 1190. The van der Waals surface area contributed by atoms with Gasteiger partial charge in [0.05, 0.1) is 19.0 Å². The third kappa shape index (κ3) is 7.12. The zero-order valence-electron chi connectivity index (χ0n) is 20.1. The molecule has 12 heteroatoms. The topological polar surface area (TPSA) is 88.5 Å². The van der Waals surface area contributed by atoms with Gasteiger partial charge in [-0.2, -0.15) is 0 Å². The van der Waals surface area contributed by atoms with Gasteiger partial charge in [-0.1, -0.05) is 18.2 Å². The molecule has 3 aromatic rings. The summed E-state index contributed by atoms with van der Waals surface area (Å²) in [6.45, 7) is 5.16. The quantitative estimate of drug-likeness (QED) is 0.322. The number of halogens is 2. The molecule has 2 aromatic heterocycles. The first kappa shape index (κ1) is 29.4. The molecule has 1 aromatic carbocycles. The van der Waals surface area contributed by atoms with Gasteiger partial charge in [0.2, 0.25) is 0 Å². The molecule has 0 bridgehead atoms. The number of aryl methyl sites for hydroxylation is 2. The van der Waals surface area contributed by atoms with Crippen LogP contribution in [0.5, 0.6) is 0 Å². The normalized spacial score (nSPS) is 15.5. The Kier molecular flexibility index (Phi) is 11.3. The third-order valence-electron chi connectivity index (χ3n) is 6.16. The van der Waals surface area contributed by atoms with E-state index in [0.29, 0.717) is 17.7 Å². The lowest BCUT2D eigenvalue weighted by Crippen LogP contribution is -2.50. The van der Waals surface area contributed by atoms with Gasteiger partial charge in [-0.05, 0) is 30.9 Å². The molecule has 1 aliphatic heterocycles. The van der Waals surface area contributed by atoms with Crippen molar-refractivity contribution in [1.29, 1.82) is 0 Å². The fourth-order valence-electron chi connectivity index (χ4n) is 4.31. The highest BCUT2D eigenvalue weighted by atomic mass is 35.5. The minimum atomic E-state index is -0.796. The van der Waals surface area contributed by atoms with Gasteiger partial charge in [-0.3, -0.25) is 18.8 Å². The van der Waals surface area contributed by atoms with Crippen LogP contribution in [0.25, 0.3) is 11.2 Å². The molecule has 1 N–H and O–H groups in total. The van der Waals surface area contributed by atoms with Crippen LogP contribution >= 0.6 is 36.6 Å². The lowest BCUT2D eigenvalue weighted by atomic mass is 10.2. The van der Waals surface area contributed by atoms with E-state index < -0.39 is 17.4 Å². The van der Waals surface area contributed by atoms with E-state index in [0.717, 1.165) is 49.5 Å². The number of aliphatic hydroxyl groups is 1. The molecule has 0 aliphatic carbocycles. The predicted octanol–water partition coefficient (Wildman–Crippen LogP) is 1.44. The summed E-state index contributed by atoms with van der Waals surface area (Å²) < 4.78 is 4.09.